The normalized spacial score (nSPS) is 21.0. The van der Waals surface area contributed by atoms with Gasteiger partial charge in [-0.25, -0.2) is 22.4 Å². The highest BCUT2D eigenvalue weighted by Crippen LogP contribution is 2.34. The van der Waals surface area contributed by atoms with E-state index in [1.807, 2.05) is 0 Å². The van der Waals surface area contributed by atoms with Crippen LogP contribution >= 0.6 is 11.6 Å². The summed E-state index contributed by atoms with van der Waals surface area (Å²) in [6, 6.07) is 7.24. The van der Waals surface area contributed by atoms with Crippen LogP contribution in [0.5, 0.6) is 5.75 Å². The Bertz CT molecular complexity index is 1220. The third-order valence-electron chi connectivity index (χ3n) is 5.18. The van der Waals surface area contributed by atoms with Crippen LogP contribution in [0.4, 0.5) is 9.18 Å². The fraction of sp³-hybridized carbons (Fsp3) is 0.250. The van der Waals surface area contributed by atoms with E-state index in [0.717, 1.165) is 18.2 Å². The van der Waals surface area contributed by atoms with Crippen molar-refractivity contribution in [2.75, 3.05) is 6.54 Å². The summed E-state index contributed by atoms with van der Waals surface area (Å²) < 4.78 is 44.8. The zero-order valence-electron chi connectivity index (χ0n) is 16.8. The van der Waals surface area contributed by atoms with E-state index in [2.05, 4.69) is 0 Å². The van der Waals surface area contributed by atoms with E-state index >= 15 is 0 Å². The molecule has 1 aliphatic heterocycles. The molecule has 2 aromatic carbocycles. The number of ether oxygens (including phenoxy) is 1. The molecule has 10 nitrogen and oxygen atoms in total. The first-order chi connectivity index (χ1) is 15.4. The number of piperidine rings is 1. The van der Waals surface area contributed by atoms with E-state index < -0.39 is 57.4 Å². The van der Waals surface area contributed by atoms with Crippen molar-refractivity contribution >= 4 is 39.3 Å². The highest BCUT2D eigenvalue weighted by Gasteiger charge is 2.61. The number of carbonyl (C=O) groups is 3. The molecule has 1 saturated heterocycles. The summed E-state index contributed by atoms with van der Waals surface area (Å²) in [5, 5.41) is 18.1. The number of urea groups is 1. The van der Waals surface area contributed by atoms with Crippen LogP contribution in [0.3, 0.4) is 0 Å². The van der Waals surface area contributed by atoms with Gasteiger partial charge in [0.1, 0.15) is 23.4 Å². The van der Waals surface area contributed by atoms with Crippen molar-refractivity contribution in [1.82, 2.24) is 4.90 Å². The van der Waals surface area contributed by atoms with Crippen molar-refractivity contribution in [2.24, 2.45) is 5.73 Å². The monoisotopic (exact) mass is 500 g/mol. The summed E-state index contributed by atoms with van der Waals surface area (Å²) in [5.74, 6) is -4.04. The van der Waals surface area contributed by atoms with E-state index in [-0.39, 0.29) is 27.2 Å². The van der Waals surface area contributed by atoms with Crippen molar-refractivity contribution in [2.45, 2.75) is 28.8 Å². The molecule has 0 saturated carbocycles. The van der Waals surface area contributed by atoms with Gasteiger partial charge in [0.15, 0.2) is 9.84 Å². The summed E-state index contributed by atoms with van der Waals surface area (Å²) in [6.07, 6.45) is -0.541. The summed E-state index contributed by atoms with van der Waals surface area (Å²) in [5.41, 5.74) is 2.11. The average Bonchev–Trinajstić information content (AvgIpc) is 2.74. The third-order valence-corrected chi connectivity index (χ3v) is 7.79. The van der Waals surface area contributed by atoms with Crippen LogP contribution in [0.1, 0.15) is 12.0 Å². The van der Waals surface area contributed by atoms with Gasteiger partial charge < -0.3 is 20.7 Å². The molecule has 13 heteroatoms. The predicted molar refractivity (Wildman–Crippen MR) is 112 cm³/mol. The molecule has 0 aliphatic carbocycles. The second-order valence-corrected chi connectivity index (χ2v) is 9.72. The number of carbonyl (C=O) groups excluding carboxylic acids is 2. The molecular weight excluding hydrogens is 483 g/mol. The number of benzene rings is 2. The number of primary amides is 1. The van der Waals surface area contributed by atoms with Gasteiger partial charge in [-0.3, -0.25) is 9.69 Å². The maximum absolute atomic E-state index is 13.1. The SMILES string of the molecule is NC(=O)N1CCC(S(=O)(=O)c2ccc(OCc3ccc(F)cc3Cl)cc2)C(O)(C(=O)O)C1=O. The lowest BCUT2D eigenvalue weighted by Gasteiger charge is -2.38. The van der Waals surface area contributed by atoms with Crippen molar-refractivity contribution < 1.29 is 42.1 Å². The summed E-state index contributed by atoms with van der Waals surface area (Å²) >= 11 is 5.93. The first kappa shape index (κ1) is 24.4. The smallest absolute Gasteiger partial charge is 0.347 e. The van der Waals surface area contributed by atoms with Crippen LogP contribution in [0.2, 0.25) is 5.02 Å². The van der Waals surface area contributed by atoms with Crippen molar-refractivity contribution in [3.05, 3.63) is 58.9 Å². The summed E-state index contributed by atoms with van der Waals surface area (Å²) in [6.45, 7) is -0.517. The first-order valence-electron chi connectivity index (χ1n) is 9.37. The van der Waals surface area contributed by atoms with Crippen molar-refractivity contribution in [1.29, 1.82) is 0 Å². The molecule has 3 rings (SSSR count). The quantitative estimate of drug-likeness (QED) is 0.500. The zero-order valence-corrected chi connectivity index (χ0v) is 18.3. The molecule has 4 N–H and O–H groups in total. The minimum atomic E-state index is -4.54. The maximum atomic E-state index is 13.1. The number of rotatable bonds is 6. The highest BCUT2D eigenvalue weighted by molar-refractivity contribution is 7.92. The second-order valence-electron chi connectivity index (χ2n) is 7.18. The number of halogens is 2. The summed E-state index contributed by atoms with van der Waals surface area (Å²) in [7, 11) is -4.54. The van der Waals surface area contributed by atoms with E-state index in [9.17, 15) is 37.4 Å². The lowest BCUT2D eigenvalue weighted by Crippen LogP contribution is -2.68. The van der Waals surface area contributed by atoms with Gasteiger partial charge in [0, 0.05) is 12.1 Å². The molecule has 0 bridgehead atoms. The molecule has 0 radical (unpaired) electrons. The van der Waals surface area contributed by atoms with Crippen LogP contribution in [0.25, 0.3) is 0 Å². The number of carboxylic acid groups (broad SMARTS) is 1. The molecule has 3 amide bonds. The van der Waals surface area contributed by atoms with Crippen LogP contribution in [0.15, 0.2) is 47.4 Å². The van der Waals surface area contributed by atoms with E-state index in [0.29, 0.717) is 5.56 Å². The molecule has 1 heterocycles. The fourth-order valence-corrected chi connectivity index (χ4v) is 5.54. The molecule has 0 spiro atoms. The molecule has 33 heavy (non-hydrogen) atoms. The number of carboxylic acids is 1. The van der Waals surface area contributed by atoms with Crippen LogP contribution in [-0.4, -0.2) is 58.8 Å². The number of amides is 3. The number of imide groups is 1. The Hall–Kier alpha value is -3.22. The number of nitrogens with zero attached hydrogens (tertiary/aromatic N) is 1. The average molecular weight is 501 g/mol. The Balaban J connectivity index is 1.84. The number of hydrogen-bond acceptors (Lipinski definition) is 7. The van der Waals surface area contributed by atoms with Gasteiger partial charge >= 0.3 is 12.0 Å². The molecule has 1 fully saturated rings. The Kier molecular flexibility index (Phi) is 6.63. The second kappa shape index (κ2) is 8.96. The predicted octanol–water partition coefficient (Wildman–Crippen LogP) is 1.33. The van der Waals surface area contributed by atoms with Gasteiger partial charge in [-0.1, -0.05) is 17.7 Å². The number of sulfone groups is 1. The van der Waals surface area contributed by atoms with Crippen molar-refractivity contribution in [3.8, 4) is 5.75 Å². The van der Waals surface area contributed by atoms with Crippen LogP contribution < -0.4 is 10.5 Å². The van der Waals surface area contributed by atoms with E-state index in [1.54, 1.807) is 0 Å². The molecule has 2 aromatic rings. The number of nitrogens with two attached hydrogens (primary N) is 1. The summed E-state index contributed by atoms with van der Waals surface area (Å²) in [4.78, 5) is 35.4. The van der Waals surface area contributed by atoms with Gasteiger partial charge in [-0.15, -0.1) is 0 Å². The number of hydrogen-bond donors (Lipinski definition) is 3. The zero-order chi connectivity index (χ0) is 24.6. The molecular formula is C20H18ClFN2O8S. The standard InChI is InChI=1S/C20H18ClFN2O8S/c21-15-9-12(22)2-1-11(15)10-32-13-3-5-14(6-4-13)33(30,31)16-7-8-24(19(23)28)17(25)20(16,29)18(26)27/h1-6,9,16,29H,7-8,10H2,(H2,23,28)(H,26,27). The topological polar surface area (TPSA) is 164 Å². The molecule has 176 valence electrons. The van der Waals surface area contributed by atoms with Crippen LogP contribution in [-0.2, 0) is 26.0 Å². The molecule has 2 unspecified atom stereocenters. The molecule has 0 aromatic heterocycles. The van der Waals surface area contributed by atoms with Crippen LogP contribution in [0, 0.1) is 5.82 Å². The Morgan fingerprint density at radius 2 is 1.88 bits per heavy atom. The number of likely N-dealkylation sites (tertiary alicyclic amines) is 1. The Morgan fingerprint density at radius 3 is 2.42 bits per heavy atom. The minimum absolute atomic E-state index is 0.0376. The third kappa shape index (κ3) is 4.49. The Morgan fingerprint density at radius 1 is 1.24 bits per heavy atom. The molecule has 1 aliphatic rings. The van der Waals surface area contributed by atoms with Gasteiger partial charge in [0.25, 0.3) is 11.5 Å². The number of aliphatic carboxylic acids is 1. The maximum Gasteiger partial charge on any atom is 0.347 e. The van der Waals surface area contributed by atoms with E-state index in [1.165, 1.54) is 24.3 Å². The fourth-order valence-electron chi connectivity index (χ4n) is 3.41. The largest absolute Gasteiger partial charge is 0.489 e. The van der Waals surface area contributed by atoms with Gasteiger partial charge in [-0.05, 0) is 42.8 Å². The highest BCUT2D eigenvalue weighted by atomic mass is 35.5. The van der Waals surface area contributed by atoms with E-state index in [4.69, 9.17) is 22.1 Å². The van der Waals surface area contributed by atoms with Gasteiger partial charge in [-0.2, -0.15) is 0 Å². The lowest BCUT2D eigenvalue weighted by molar-refractivity contribution is -0.173. The Labute approximate surface area is 192 Å². The number of aliphatic hydroxyl groups is 1. The molecule has 2 atom stereocenters. The first-order valence-corrected chi connectivity index (χ1v) is 11.3. The lowest BCUT2D eigenvalue weighted by atomic mass is 9.91. The van der Waals surface area contributed by atoms with Gasteiger partial charge in [0.2, 0.25) is 0 Å². The van der Waals surface area contributed by atoms with Gasteiger partial charge in [0.05, 0.1) is 9.92 Å². The van der Waals surface area contributed by atoms with Crippen molar-refractivity contribution in [3.63, 3.8) is 0 Å². The minimum Gasteiger partial charge on any atom is -0.489 e.